The molecule has 8 nitrogen and oxygen atoms in total. The number of amides is 3. The Morgan fingerprint density at radius 3 is 2.32 bits per heavy atom. The van der Waals surface area contributed by atoms with Crippen LogP contribution in [0.25, 0.3) is 0 Å². The van der Waals surface area contributed by atoms with E-state index in [9.17, 15) is 22.8 Å². The molecule has 0 bridgehead atoms. The Morgan fingerprint density at radius 1 is 0.932 bits per heavy atom. The molecule has 3 amide bonds. The topological polar surface area (TPSA) is 82.5 Å². The largest absolute Gasteiger partial charge is 0.416 e. The summed E-state index contributed by atoms with van der Waals surface area (Å²) >= 11 is 0. The van der Waals surface area contributed by atoms with Crippen LogP contribution in [0.5, 0.6) is 0 Å². The van der Waals surface area contributed by atoms with Crippen molar-refractivity contribution in [2.45, 2.75) is 76.8 Å². The summed E-state index contributed by atoms with van der Waals surface area (Å²) in [4.78, 5) is 34.9. The zero-order valence-electron chi connectivity index (χ0n) is 25.2. The molecule has 0 radical (unpaired) electrons. The molecule has 1 aliphatic carbocycles. The highest BCUT2D eigenvalue weighted by Gasteiger charge is 2.36. The predicted octanol–water partition coefficient (Wildman–Crippen LogP) is 5.15. The summed E-state index contributed by atoms with van der Waals surface area (Å²) in [6, 6.07) is 12.6. The first-order valence-corrected chi connectivity index (χ1v) is 15.4. The van der Waals surface area contributed by atoms with Crippen molar-refractivity contribution >= 4 is 11.9 Å². The van der Waals surface area contributed by atoms with Crippen LogP contribution in [0, 0.1) is 6.92 Å². The van der Waals surface area contributed by atoms with Gasteiger partial charge in [0.05, 0.1) is 11.9 Å². The molecule has 2 aromatic carbocycles. The van der Waals surface area contributed by atoms with E-state index in [-0.39, 0.29) is 24.5 Å². The van der Waals surface area contributed by atoms with Gasteiger partial charge in [0.2, 0.25) is 5.91 Å². The Bertz CT molecular complexity index is 1380. The summed E-state index contributed by atoms with van der Waals surface area (Å²) in [6.45, 7) is 4.65. The molecule has 1 aliphatic heterocycles. The average Bonchev–Trinajstić information content (AvgIpc) is 3.45. The highest BCUT2D eigenvalue weighted by atomic mass is 19.4. The number of piperazine rings is 1. The van der Waals surface area contributed by atoms with E-state index < -0.39 is 17.8 Å². The van der Waals surface area contributed by atoms with Crippen LogP contribution >= 0.6 is 0 Å². The number of aromatic nitrogens is 2. The summed E-state index contributed by atoms with van der Waals surface area (Å²) < 4.78 is 41.1. The first-order valence-electron chi connectivity index (χ1n) is 15.4. The molecule has 236 valence electrons. The quantitative estimate of drug-likeness (QED) is 0.352. The van der Waals surface area contributed by atoms with Crippen molar-refractivity contribution in [3.8, 4) is 0 Å². The fourth-order valence-corrected chi connectivity index (χ4v) is 6.03. The minimum absolute atomic E-state index is 0.110. The number of halogens is 3. The van der Waals surface area contributed by atoms with Crippen LogP contribution in [0.2, 0.25) is 0 Å². The van der Waals surface area contributed by atoms with Crippen LogP contribution in [-0.4, -0.2) is 69.6 Å². The summed E-state index contributed by atoms with van der Waals surface area (Å²) in [6.07, 6.45) is 4.98. The minimum Gasteiger partial charge on any atom is -0.354 e. The number of imidazole rings is 1. The maximum atomic E-state index is 13.6. The highest BCUT2D eigenvalue weighted by Crippen LogP contribution is 2.29. The normalized spacial score (nSPS) is 18.3. The van der Waals surface area contributed by atoms with Gasteiger partial charge in [-0.2, -0.15) is 13.2 Å². The van der Waals surface area contributed by atoms with Gasteiger partial charge in [0.25, 0.3) is 0 Å². The molecular formula is C33H41F3N6O2. The lowest BCUT2D eigenvalue weighted by Gasteiger charge is -2.41. The van der Waals surface area contributed by atoms with Crippen LogP contribution in [0.3, 0.4) is 0 Å². The van der Waals surface area contributed by atoms with Gasteiger partial charge in [0, 0.05) is 63.6 Å². The Labute approximate surface area is 256 Å². The Morgan fingerprint density at radius 2 is 1.61 bits per heavy atom. The second kappa shape index (κ2) is 14.3. The summed E-state index contributed by atoms with van der Waals surface area (Å²) in [7, 11) is 0. The van der Waals surface area contributed by atoms with Gasteiger partial charge >= 0.3 is 12.2 Å². The zero-order valence-corrected chi connectivity index (χ0v) is 25.2. The third-order valence-corrected chi connectivity index (χ3v) is 8.60. The molecule has 2 heterocycles. The second-order valence-electron chi connectivity index (χ2n) is 12.0. The first kappa shape index (κ1) is 31.6. The number of aryl methyl sites for hydroxylation is 1. The maximum absolute atomic E-state index is 13.6. The monoisotopic (exact) mass is 610 g/mol. The van der Waals surface area contributed by atoms with E-state index in [1.54, 1.807) is 17.4 Å². The van der Waals surface area contributed by atoms with Gasteiger partial charge in [-0.1, -0.05) is 61.2 Å². The predicted molar refractivity (Wildman–Crippen MR) is 162 cm³/mol. The number of carbonyl (C=O) groups is 2. The van der Waals surface area contributed by atoms with Crippen LogP contribution in [0.4, 0.5) is 18.0 Å². The Kier molecular flexibility index (Phi) is 10.2. The van der Waals surface area contributed by atoms with E-state index in [1.165, 1.54) is 24.1 Å². The smallest absolute Gasteiger partial charge is 0.354 e. The van der Waals surface area contributed by atoms with Gasteiger partial charge in [0.15, 0.2) is 0 Å². The number of urea groups is 1. The Balaban J connectivity index is 1.22. The van der Waals surface area contributed by atoms with Crippen molar-refractivity contribution in [3.05, 3.63) is 89.0 Å². The van der Waals surface area contributed by atoms with Crippen molar-refractivity contribution in [3.63, 3.8) is 0 Å². The standard InChI is InChI=1S/C33H41F3N6O2/c1-24-7-9-26(10-8-24)21-41-23-37-19-29(41)15-16-38-31(43)30-22-40(20-25-11-13-27(14-12-25)33(34,35)36)17-18-42(30)32(44)39-28-5-3-2-4-6-28/h7-14,19,23,28,30H,2-6,15-18,20-22H2,1H3,(H,38,43)(H,39,44)/t30-/m1/s1. The molecule has 1 saturated heterocycles. The van der Waals surface area contributed by atoms with E-state index in [4.69, 9.17) is 0 Å². The number of hydrogen-bond donors (Lipinski definition) is 2. The molecule has 0 spiro atoms. The summed E-state index contributed by atoms with van der Waals surface area (Å²) in [5.41, 5.74) is 3.38. The third kappa shape index (κ3) is 8.40. The molecule has 0 unspecified atom stereocenters. The van der Waals surface area contributed by atoms with E-state index in [0.717, 1.165) is 54.6 Å². The van der Waals surface area contributed by atoms with Crippen LogP contribution in [0.1, 0.15) is 60.1 Å². The van der Waals surface area contributed by atoms with Gasteiger partial charge in [-0.15, -0.1) is 0 Å². The minimum atomic E-state index is -4.39. The maximum Gasteiger partial charge on any atom is 0.416 e. The molecule has 2 aliphatic rings. The number of hydrogen-bond acceptors (Lipinski definition) is 4. The van der Waals surface area contributed by atoms with Crippen molar-refractivity contribution in [2.24, 2.45) is 0 Å². The number of nitrogens with one attached hydrogen (secondary N) is 2. The molecule has 5 rings (SSSR count). The van der Waals surface area contributed by atoms with Gasteiger partial charge in [-0.3, -0.25) is 9.69 Å². The summed E-state index contributed by atoms with van der Waals surface area (Å²) in [5, 5.41) is 6.17. The molecule has 3 aromatic rings. The second-order valence-corrected chi connectivity index (χ2v) is 12.0. The van der Waals surface area contributed by atoms with Gasteiger partial charge < -0.3 is 20.1 Å². The molecule has 1 saturated carbocycles. The summed E-state index contributed by atoms with van der Waals surface area (Å²) in [5.74, 6) is -0.245. The van der Waals surface area contributed by atoms with Gasteiger partial charge in [0.1, 0.15) is 6.04 Å². The molecular weight excluding hydrogens is 569 g/mol. The first-order chi connectivity index (χ1) is 21.2. The zero-order chi connectivity index (χ0) is 31.1. The highest BCUT2D eigenvalue weighted by molar-refractivity contribution is 5.87. The van der Waals surface area contributed by atoms with Crippen molar-refractivity contribution in [1.82, 2.24) is 30.0 Å². The van der Waals surface area contributed by atoms with Crippen LogP contribution in [0.15, 0.2) is 61.1 Å². The molecule has 1 aromatic heterocycles. The number of nitrogens with zero attached hydrogens (tertiary/aromatic N) is 4. The molecule has 11 heteroatoms. The van der Waals surface area contributed by atoms with E-state index in [1.807, 2.05) is 4.90 Å². The molecule has 1 atom stereocenters. The molecule has 2 fully saturated rings. The third-order valence-electron chi connectivity index (χ3n) is 8.60. The van der Waals surface area contributed by atoms with E-state index in [0.29, 0.717) is 39.1 Å². The number of rotatable bonds is 9. The van der Waals surface area contributed by atoms with Crippen LogP contribution < -0.4 is 10.6 Å². The van der Waals surface area contributed by atoms with E-state index in [2.05, 4.69) is 51.4 Å². The van der Waals surface area contributed by atoms with Crippen molar-refractivity contribution in [1.29, 1.82) is 0 Å². The fourth-order valence-electron chi connectivity index (χ4n) is 6.03. The Hall–Kier alpha value is -3.86. The number of alkyl halides is 3. The molecule has 44 heavy (non-hydrogen) atoms. The fraction of sp³-hybridized carbons (Fsp3) is 0.485. The van der Waals surface area contributed by atoms with Gasteiger partial charge in [-0.25, -0.2) is 9.78 Å². The van der Waals surface area contributed by atoms with Crippen molar-refractivity contribution < 1.29 is 22.8 Å². The lowest BCUT2D eigenvalue weighted by molar-refractivity contribution is -0.137. The van der Waals surface area contributed by atoms with Gasteiger partial charge in [-0.05, 0) is 43.0 Å². The van der Waals surface area contributed by atoms with E-state index >= 15 is 0 Å². The SMILES string of the molecule is Cc1ccc(Cn2cncc2CCNC(=O)[C@H]2CN(Cc3ccc(C(F)(F)F)cc3)CCN2C(=O)NC2CCCCC2)cc1. The lowest BCUT2D eigenvalue weighted by Crippen LogP contribution is -2.63. The molecule has 2 N–H and O–H groups in total. The average molecular weight is 611 g/mol. The van der Waals surface area contributed by atoms with Crippen LogP contribution in [-0.2, 0) is 30.5 Å². The number of benzene rings is 2. The number of carbonyl (C=O) groups excluding carboxylic acids is 2. The van der Waals surface area contributed by atoms with Crippen molar-refractivity contribution in [2.75, 3.05) is 26.2 Å². The lowest BCUT2D eigenvalue weighted by atomic mass is 9.95.